The van der Waals surface area contributed by atoms with Crippen molar-refractivity contribution in [1.29, 1.82) is 0 Å². The van der Waals surface area contributed by atoms with Crippen LogP contribution in [0, 0.1) is 0 Å². The zero-order valence-electron chi connectivity index (χ0n) is 23.8. The number of carbonyl (C=O) groups is 4. The first-order chi connectivity index (χ1) is 17.6. The minimum absolute atomic E-state index is 0.107. The maximum Gasteiger partial charge on any atom is 0.312 e. The van der Waals surface area contributed by atoms with Crippen molar-refractivity contribution in [3.05, 3.63) is 11.9 Å². The third-order valence-electron chi connectivity index (χ3n) is 5.98. The van der Waals surface area contributed by atoms with Crippen LogP contribution >= 0.6 is 0 Å². The molecular formula is C25H46N8O5. The molecule has 0 fully saturated rings. The predicted octanol–water partition coefficient (Wildman–Crippen LogP) is 0.725. The molecule has 0 aliphatic heterocycles. The van der Waals surface area contributed by atoms with Gasteiger partial charge >= 0.3 is 6.03 Å². The Labute approximate surface area is 225 Å². The lowest BCUT2D eigenvalue weighted by atomic mass is 10.0. The number of aromatic nitrogens is 3. The average molecular weight is 539 g/mol. The highest BCUT2D eigenvalue weighted by atomic mass is 16.5. The number of rotatable bonds is 17. The van der Waals surface area contributed by atoms with Gasteiger partial charge in [0, 0.05) is 19.6 Å². The number of hydrogen-bond acceptors (Lipinski definition) is 8. The molecule has 2 unspecified atom stereocenters. The lowest BCUT2D eigenvalue weighted by molar-refractivity contribution is -0.128. The topological polar surface area (TPSA) is 182 Å². The van der Waals surface area contributed by atoms with Gasteiger partial charge in [0.15, 0.2) is 5.78 Å². The van der Waals surface area contributed by atoms with Gasteiger partial charge in [-0.15, -0.1) is 5.10 Å². The van der Waals surface area contributed by atoms with Crippen molar-refractivity contribution in [3.8, 4) is 0 Å². The highest BCUT2D eigenvalue weighted by Gasteiger charge is 2.25. The number of Topliss-reactive ketones (excluding diaryl/α,β-unsaturated/α-hetero) is 1. The molecule has 6 N–H and O–H groups in total. The number of urea groups is 1. The number of carbonyl (C=O) groups excluding carboxylic acids is 4. The molecule has 4 amide bonds. The van der Waals surface area contributed by atoms with E-state index in [4.69, 9.17) is 10.5 Å². The van der Waals surface area contributed by atoms with Gasteiger partial charge in [0.25, 0.3) is 0 Å². The number of ether oxygens (including phenoxy) is 1. The fourth-order valence-corrected chi connectivity index (χ4v) is 3.52. The summed E-state index contributed by atoms with van der Waals surface area (Å²) in [6.45, 7) is 12.6. The Morgan fingerprint density at radius 2 is 1.76 bits per heavy atom. The molecule has 1 rings (SSSR count). The number of primary amides is 1. The van der Waals surface area contributed by atoms with Gasteiger partial charge in [-0.25, -0.2) is 9.48 Å². The van der Waals surface area contributed by atoms with Crippen LogP contribution in [-0.2, 0) is 31.2 Å². The fraction of sp³-hybridized carbons (Fsp3) is 0.760. The maximum atomic E-state index is 12.7. The molecule has 216 valence electrons. The predicted molar refractivity (Wildman–Crippen MR) is 143 cm³/mol. The summed E-state index contributed by atoms with van der Waals surface area (Å²) < 4.78 is 7.60. The largest absolute Gasteiger partial charge is 0.376 e. The molecular weight excluding hydrogens is 492 g/mol. The lowest BCUT2D eigenvalue weighted by Crippen LogP contribution is -2.49. The molecule has 38 heavy (non-hydrogen) atoms. The third kappa shape index (κ3) is 13.0. The Morgan fingerprint density at radius 3 is 2.34 bits per heavy atom. The van der Waals surface area contributed by atoms with E-state index in [0.717, 1.165) is 6.42 Å². The van der Waals surface area contributed by atoms with Gasteiger partial charge in [0.2, 0.25) is 11.8 Å². The van der Waals surface area contributed by atoms with Gasteiger partial charge in [0.05, 0.1) is 36.0 Å². The smallest absolute Gasteiger partial charge is 0.312 e. The number of amides is 4. The molecule has 1 aromatic rings. The summed E-state index contributed by atoms with van der Waals surface area (Å²) in [5.74, 6) is -0.793. The van der Waals surface area contributed by atoms with Crippen molar-refractivity contribution in [2.45, 2.75) is 103 Å². The number of hydrogen-bond donors (Lipinski definition) is 5. The van der Waals surface area contributed by atoms with Crippen LogP contribution in [0.5, 0.6) is 0 Å². The van der Waals surface area contributed by atoms with Gasteiger partial charge in [-0.1, -0.05) is 5.21 Å². The second-order valence-corrected chi connectivity index (χ2v) is 10.9. The Bertz CT molecular complexity index is 925. The van der Waals surface area contributed by atoms with E-state index >= 15 is 0 Å². The van der Waals surface area contributed by atoms with Crippen molar-refractivity contribution in [2.75, 3.05) is 20.2 Å². The van der Waals surface area contributed by atoms with Gasteiger partial charge in [0.1, 0.15) is 5.69 Å². The van der Waals surface area contributed by atoms with Gasteiger partial charge in [-0.2, -0.15) is 0 Å². The number of nitrogens with one attached hydrogen (secondary N) is 4. The van der Waals surface area contributed by atoms with E-state index in [1.165, 1.54) is 6.92 Å². The zero-order valence-corrected chi connectivity index (χ0v) is 23.8. The molecule has 0 aliphatic carbocycles. The van der Waals surface area contributed by atoms with E-state index in [9.17, 15) is 19.2 Å². The average Bonchev–Trinajstić information content (AvgIpc) is 3.29. The number of ketones is 1. The molecule has 1 aromatic heterocycles. The normalized spacial score (nSPS) is 13.4. The summed E-state index contributed by atoms with van der Waals surface area (Å²) in [6.07, 6.45) is 3.75. The van der Waals surface area contributed by atoms with Crippen LogP contribution in [0.3, 0.4) is 0 Å². The van der Waals surface area contributed by atoms with E-state index < -0.39 is 18.1 Å². The molecule has 0 spiro atoms. The SMILES string of the molecule is CNC(CCC(=O)NCc1cn(C(C)(C)CCOC(C)(C)C)nn1)C(=O)NC(CCCNC(N)=O)C(C)=O. The summed E-state index contributed by atoms with van der Waals surface area (Å²) in [7, 11) is 1.62. The van der Waals surface area contributed by atoms with Crippen LogP contribution in [-0.4, -0.2) is 76.5 Å². The van der Waals surface area contributed by atoms with E-state index in [-0.39, 0.29) is 48.1 Å². The molecule has 1 heterocycles. The van der Waals surface area contributed by atoms with Crippen LogP contribution < -0.4 is 27.0 Å². The molecule has 0 aliphatic rings. The van der Waals surface area contributed by atoms with E-state index in [1.54, 1.807) is 11.7 Å². The summed E-state index contributed by atoms with van der Waals surface area (Å²) in [4.78, 5) is 47.8. The minimum Gasteiger partial charge on any atom is -0.376 e. The minimum atomic E-state index is -0.686. The summed E-state index contributed by atoms with van der Waals surface area (Å²) in [6, 6.07) is -1.98. The first-order valence-electron chi connectivity index (χ1n) is 13.0. The summed E-state index contributed by atoms with van der Waals surface area (Å²) in [5.41, 5.74) is 5.14. The number of nitrogens with zero attached hydrogens (tertiary/aromatic N) is 3. The summed E-state index contributed by atoms with van der Waals surface area (Å²) in [5, 5.41) is 19.2. The van der Waals surface area contributed by atoms with Crippen molar-refractivity contribution < 1.29 is 23.9 Å². The first kappa shape index (κ1) is 33.0. The van der Waals surface area contributed by atoms with E-state index in [2.05, 4.69) is 31.6 Å². The van der Waals surface area contributed by atoms with E-state index in [1.807, 2.05) is 40.8 Å². The Balaban J connectivity index is 2.50. The first-order valence-corrected chi connectivity index (χ1v) is 13.0. The van der Waals surface area contributed by atoms with Crippen LogP contribution in [0.25, 0.3) is 0 Å². The second kappa shape index (κ2) is 15.4. The molecule has 13 nitrogen and oxygen atoms in total. The third-order valence-corrected chi connectivity index (χ3v) is 5.98. The molecule has 0 saturated heterocycles. The molecule has 0 aromatic carbocycles. The standard InChI is InChI=1S/C25H46N8O5/c1-17(34)19(9-8-13-28-23(26)37)30-22(36)20(27-7)10-11-21(35)29-15-18-16-33(32-31-18)25(5,6)12-14-38-24(2,3)4/h16,19-20,27H,8-15H2,1-7H3,(H,29,35)(H,30,36)(H3,26,28,37). The van der Waals surface area contributed by atoms with E-state index in [0.29, 0.717) is 31.7 Å². The van der Waals surface area contributed by atoms with Crippen LogP contribution in [0.2, 0.25) is 0 Å². The van der Waals surface area contributed by atoms with Crippen LogP contribution in [0.1, 0.15) is 79.3 Å². The van der Waals surface area contributed by atoms with Crippen molar-refractivity contribution in [3.63, 3.8) is 0 Å². The Morgan fingerprint density at radius 1 is 1.08 bits per heavy atom. The number of nitrogens with two attached hydrogens (primary N) is 1. The van der Waals surface area contributed by atoms with Gasteiger partial charge in [-0.3, -0.25) is 14.4 Å². The highest BCUT2D eigenvalue weighted by Crippen LogP contribution is 2.20. The summed E-state index contributed by atoms with van der Waals surface area (Å²) >= 11 is 0. The zero-order chi connectivity index (χ0) is 28.9. The Kier molecular flexibility index (Phi) is 13.3. The molecule has 0 saturated carbocycles. The van der Waals surface area contributed by atoms with Crippen LogP contribution in [0.4, 0.5) is 4.79 Å². The molecule has 13 heteroatoms. The lowest BCUT2D eigenvalue weighted by Gasteiger charge is -2.27. The molecule has 0 bridgehead atoms. The quantitative estimate of drug-likeness (QED) is 0.180. The van der Waals surface area contributed by atoms with Crippen molar-refractivity contribution in [1.82, 2.24) is 36.3 Å². The van der Waals surface area contributed by atoms with Gasteiger partial charge in [-0.05, 0) is 74.3 Å². The monoisotopic (exact) mass is 538 g/mol. The van der Waals surface area contributed by atoms with Crippen LogP contribution in [0.15, 0.2) is 6.20 Å². The number of likely N-dealkylation sites (N-methyl/N-ethyl adjacent to an activating group) is 1. The fourth-order valence-electron chi connectivity index (χ4n) is 3.52. The van der Waals surface area contributed by atoms with Gasteiger partial charge < -0.3 is 31.7 Å². The maximum absolute atomic E-state index is 12.7. The Hall–Kier alpha value is -3.06. The van der Waals surface area contributed by atoms with Crippen molar-refractivity contribution >= 4 is 23.6 Å². The molecule has 0 radical (unpaired) electrons. The highest BCUT2D eigenvalue weighted by molar-refractivity contribution is 5.90. The second-order valence-electron chi connectivity index (χ2n) is 10.9. The van der Waals surface area contributed by atoms with Crippen molar-refractivity contribution in [2.24, 2.45) is 5.73 Å². The molecule has 2 atom stereocenters.